The minimum absolute atomic E-state index is 0.0316. The summed E-state index contributed by atoms with van der Waals surface area (Å²) in [5.74, 6) is -0.414. The molecule has 2 fully saturated rings. The molecule has 0 aromatic heterocycles. The number of ether oxygens (including phenoxy) is 2. The number of esters is 1. The highest BCUT2D eigenvalue weighted by Crippen LogP contribution is 2.30. The summed E-state index contributed by atoms with van der Waals surface area (Å²) in [5.41, 5.74) is 0.309. The molecule has 3 rings (SSSR count). The maximum atomic E-state index is 13.3. The number of rotatable bonds is 6. The Morgan fingerprint density at radius 1 is 1.03 bits per heavy atom. The van der Waals surface area contributed by atoms with Crippen molar-refractivity contribution in [3.8, 4) is 5.75 Å². The zero-order chi connectivity index (χ0) is 22.4. The van der Waals surface area contributed by atoms with Crippen LogP contribution in [0, 0.1) is 5.92 Å². The summed E-state index contributed by atoms with van der Waals surface area (Å²) in [6.45, 7) is 3.94. The third kappa shape index (κ3) is 5.38. The average molecular weight is 453 g/mol. The van der Waals surface area contributed by atoms with Crippen LogP contribution in [-0.4, -0.2) is 69.4 Å². The molecule has 31 heavy (non-hydrogen) atoms. The molecule has 8 nitrogen and oxygen atoms in total. The van der Waals surface area contributed by atoms with Gasteiger partial charge in [0, 0.05) is 31.7 Å². The number of piperidine rings is 1. The van der Waals surface area contributed by atoms with Crippen LogP contribution in [-0.2, 0) is 19.6 Å². The van der Waals surface area contributed by atoms with Crippen LogP contribution in [0.3, 0.4) is 0 Å². The average Bonchev–Trinajstić information content (AvgIpc) is 3.09. The van der Waals surface area contributed by atoms with Gasteiger partial charge >= 0.3 is 5.97 Å². The Labute approximate surface area is 184 Å². The van der Waals surface area contributed by atoms with Gasteiger partial charge in [-0.05, 0) is 50.8 Å². The summed E-state index contributed by atoms with van der Waals surface area (Å²) < 4.78 is 38.5. The largest absolute Gasteiger partial charge is 0.495 e. The highest BCUT2D eigenvalue weighted by molar-refractivity contribution is 7.89. The van der Waals surface area contributed by atoms with Crippen LogP contribution in [0.5, 0.6) is 5.75 Å². The molecule has 1 aromatic carbocycles. The van der Waals surface area contributed by atoms with Crippen molar-refractivity contribution in [3.05, 3.63) is 23.8 Å². The van der Waals surface area contributed by atoms with Crippen LogP contribution in [0.25, 0.3) is 0 Å². The Bertz CT molecular complexity index is 885. The lowest BCUT2D eigenvalue weighted by atomic mass is 9.96. The van der Waals surface area contributed by atoms with Crippen LogP contribution in [0.4, 0.5) is 0 Å². The van der Waals surface area contributed by atoms with Crippen LogP contribution in [0.15, 0.2) is 23.1 Å². The molecule has 9 heteroatoms. The summed E-state index contributed by atoms with van der Waals surface area (Å²) in [4.78, 5) is 26.7. The van der Waals surface area contributed by atoms with Gasteiger partial charge in [-0.25, -0.2) is 8.42 Å². The van der Waals surface area contributed by atoms with E-state index in [1.807, 2.05) is 0 Å². The van der Waals surface area contributed by atoms with E-state index in [9.17, 15) is 18.0 Å². The number of carbonyl (C=O) groups excluding carboxylic acids is 2. The Hall–Kier alpha value is -2.13. The van der Waals surface area contributed by atoms with Gasteiger partial charge in [-0.2, -0.15) is 4.31 Å². The van der Waals surface area contributed by atoms with Gasteiger partial charge in [-0.3, -0.25) is 9.59 Å². The third-order valence-corrected chi connectivity index (χ3v) is 7.92. The quantitative estimate of drug-likeness (QED) is 0.616. The van der Waals surface area contributed by atoms with Gasteiger partial charge in [-0.15, -0.1) is 0 Å². The van der Waals surface area contributed by atoms with E-state index in [1.165, 1.54) is 17.5 Å². The second kappa shape index (κ2) is 10.5. The van der Waals surface area contributed by atoms with Gasteiger partial charge < -0.3 is 14.4 Å². The first-order chi connectivity index (χ1) is 14.9. The van der Waals surface area contributed by atoms with E-state index < -0.39 is 10.0 Å². The molecule has 0 radical (unpaired) electrons. The molecule has 0 aliphatic carbocycles. The normalized spacial score (nSPS) is 19.0. The highest BCUT2D eigenvalue weighted by Gasteiger charge is 2.32. The van der Waals surface area contributed by atoms with E-state index in [2.05, 4.69) is 0 Å². The van der Waals surface area contributed by atoms with E-state index in [1.54, 1.807) is 24.0 Å². The van der Waals surface area contributed by atoms with Gasteiger partial charge in [0.25, 0.3) is 5.91 Å². The Kier molecular flexibility index (Phi) is 7.94. The van der Waals surface area contributed by atoms with Crippen molar-refractivity contribution in [1.82, 2.24) is 9.21 Å². The third-order valence-electron chi connectivity index (χ3n) is 6.00. The molecule has 1 amide bonds. The minimum atomic E-state index is -3.76. The molecule has 0 N–H and O–H groups in total. The molecule has 2 aliphatic heterocycles. The highest BCUT2D eigenvalue weighted by atomic mass is 32.2. The number of nitrogens with zero attached hydrogens (tertiary/aromatic N) is 2. The first-order valence-corrected chi connectivity index (χ1v) is 12.5. The van der Waals surface area contributed by atoms with E-state index in [0.717, 1.165) is 25.7 Å². The smallest absolute Gasteiger partial charge is 0.309 e. The number of amides is 1. The maximum Gasteiger partial charge on any atom is 0.309 e. The molecular weight excluding hydrogens is 420 g/mol. The van der Waals surface area contributed by atoms with E-state index in [-0.39, 0.29) is 28.4 Å². The lowest BCUT2D eigenvalue weighted by Gasteiger charge is -2.31. The van der Waals surface area contributed by atoms with Crippen molar-refractivity contribution in [2.75, 3.05) is 39.9 Å². The van der Waals surface area contributed by atoms with E-state index in [4.69, 9.17) is 9.47 Å². The molecule has 1 aromatic rings. The number of benzene rings is 1. The predicted molar refractivity (Wildman–Crippen MR) is 115 cm³/mol. The fourth-order valence-electron chi connectivity index (χ4n) is 4.19. The van der Waals surface area contributed by atoms with Gasteiger partial charge in [0.1, 0.15) is 10.6 Å². The van der Waals surface area contributed by atoms with Gasteiger partial charge in [0.15, 0.2) is 0 Å². The maximum absolute atomic E-state index is 13.3. The number of carbonyl (C=O) groups is 2. The van der Waals surface area contributed by atoms with Crippen LogP contribution in [0.2, 0.25) is 0 Å². The summed E-state index contributed by atoms with van der Waals surface area (Å²) in [6, 6.07) is 4.57. The number of hydrogen-bond acceptors (Lipinski definition) is 6. The summed E-state index contributed by atoms with van der Waals surface area (Å²) in [5, 5.41) is 0. The van der Waals surface area contributed by atoms with Crippen molar-refractivity contribution in [3.63, 3.8) is 0 Å². The molecule has 2 heterocycles. The number of hydrogen-bond donors (Lipinski definition) is 0. The Morgan fingerprint density at radius 2 is 1.68 bits per heavy atom. The van der Waals surface area contributed by atoms with Crippen molar-refractivity contribution < 1.29 is 27.5 Å². The van der Waals surface area contributed by atoms with Crippen molar-refractivity contribution in [1.29, 1.82) is 0 Å². The number of methoxy groups -OCH3 is 1. The van der Waals surface area contributed by atoms with Crippen molar-refractivity contribution in [2.45, 2.75) is 50.3 Å². The fourth-order valence-corrected chi connectivity index (χ4v) is 5.89. The predicted octanol–water partition coefficient (Wildman–Crippen LogP) is 2.68. The monoisotopic (exact) mass is 452 g/mol. The molecule has 0 spiro atoms. The number of likely N-dealkylation sites (tertiary alicyclic amines) is 1. The second-order valence-corrected chi connectivity index (χ2v) is 9.91. The summed E-state index contributed by atoms with van der Waals surface area (Å²) >= 11 is 0. The van der Waals surface area contributed by atoms with E-state index >= 15 is 0 Å². The van der Waals surface area contributed by atoms with Gasteiger partial charge in [-0.1, -0.05) is 12.8 Å². The number of sulfonamides is 1. The molecule has 2 aliphatic rings. The second-order valence-electron chi connectivity index (χ2n) is 8.00. The Morgan fingerprint density at radius 3 is 2.26 bits per heavy atom. The van der Waals surface area contributed by atoms with Gasteiger partial charge in [0.2, 0.25) is 10.0 Å². The van der Waals surface area contributed by atoms with E-state index in [0.29, 0.717) is 51.2 Å². The standard InChI is InChI=1S/C22H32N2O6S/c1-3-30-22(26)17-10-14-23(15-11-17)21(25)18-8-9-19(29-2)20(16-18)31(27,28)24-12-6-4-5-7-13-24/h8-9,16-17H,3-7,10-15H2,1-2H3. The van der Waals surface area contributed by atoms with Crippen LogP contribution < -0.4 is 4.74 Å². The molecule has 2 saturated heterocycles. The van der Waals surface area contributed by atoms with Crippen LogP contribution in [0.1, 0.15) is 55.8 Å². The molecule has 172 valence electrons. The zero-order valence-corrected chi connectivity index (χ0v) is 19.2. The first-order valence-electron chi connectivity index (χ1n) is 11.0. The molecule has 0 atom stereocenters. The van der Waals surface area contributed by atoms with Crippen molar-refractivity contribution >= 4 is 21.9 Å². The summed E-state index contributed by atoms with van der Waals surface area (Å²) in [6.07, 6.45) is 4.78. The lowest BCUT2D eigenvalue weighted by molar-refractivity contribution is -0.149. The zero-order valence-electron chi connectivity index (χ0n) is 18.3. The minimum Gasteiger partial charge on any atom is -0.495 e. The fraction of sp³-hybridized carbons (Fsp3) is 0.636. The molecular formula is C22H32N2O6S. The Balaban J connectivity index is 1.79. The lowest BCUT2D eigenvalue weighted by Crippen LogP contribution is -2.40. The molecule has 0 saturated carbocycles. The first kappa shape index (κ1) is 23.5. The van der Waals surface area contributed by atoms with Crippen LogP contribution >= 0.6 is 0 Å². The molecule has 0 unspecified atom stereocenters. The van der Waals surface area contributed by atoms with Crippen molar-refractivity contribution in [2.24, 2.45) is 5.92 Å². The molecule has 0 bridgehead atoms. The topological polar surface area (TPSA) is 93.2 Å². The van der Waals surface area contributed by atoms with Gasteiger partial charge in [0.05, 0.1) is 19.6 Å². The SMILES string of the molecule is CCOC(=O)C1CCN(C(=O)c2ccc(OC)c(S(=O)(=O)N3CCCCCC3)c2)CC1. The summed E-state index contributed by atoms with van der Waals surface area (Å²) in [7, 11) is -2.34.